The first kappa shape index (κ1) is 11.2. The van der Waals surface area contributed by atoms with E-state index in [4.69, 9.17) is 22.2 Å². The van der Waals surface area contributed by atoms with E-state index in [-0.39, 0.29) is 10.8 Å². The normalized spacial score (nSPS) is 10.2. The first-order valence-electron chi connectivity index (χ1n) is 4.25. The van der Waals surface area contributed by atoms with Gasteiger partial charge in [0.05, 0.1) is 11.6 Å². The Bertz CT molecular complexity index is 296. The molecule has 0 aliphatic carbocycles. The molecule has 0 unspecified atom stereocenters. The molecule has 1 rings (SSSR count). The SMILES string of the molecule is NNCCCOc1ccc(F)cc1Cl. The van der Waals surface area contributed by atoms with Crippen molar-refractivity contribution in [3.05, 3.63) is 29.0 Å². The average molecular weight is 219 g/mol. The molecule has 0 heterocycles. The molecule has 0 aliphatic rings. The number of hydrogen-bond donors (Lipinski definition) is 2. The molecule has 5 heteroatoms. The summed E-state index contributed by atoms with van der Waals surface area (Å²) >= 11 is 5.74. The predicted octanol–water partition coefficient (Wildman–Crippen LogP) is 1.71. The minimum Gasteiger partial charge on any atom is -0.492 e. The zero-order valence-electron chi connectivity index (χ0n) is 7.59. The molecule has 1 aromatic rings. The van der Waals surface area contributed by atoms with E-state index in [0.717, 1.165) is 6.42 Å². The van der Waals surface area contributed by atoms with E-state index >= 15 is 0 Å². The van der Waals surface area contributed by atoms with Crippen LogP contribution in [-0.2, 0) is 0 Å². The van der Waals surface area contributed by atoms with E-state index in [1.165, 1.54) is 18.2 Å². The van der Waals surface area contributed by atoms with Gasteiger partial charge < -0.3 is 4.74 Å². The molecule has 0 bridgehead atoms. The standard InChI is InChI=1S/C9H12ClFN2O/c10-8-6-7(11)2-3-9(8)14-5-1-4-13-12/h2-3,6,13H,1,4-5,12H2. The molecule has 1 aromatic carbocycles. The van der Waals surface area contributed by atoms with Gasteiger partial charge in [0.25, 0.3) is 0 Å². The molecule has 78 valence electrons. The number of rotatable bonds is 5. The second kappa shape index (κ2) is 5.80. The van der Waals surface area contributed by atoms with Crippen molar-refractivity contribution >= 4 is 11.6 Å². The van der Waals surface area contributed by atoms with E-state index in [2.05, 4.69) is 5.43 Å². The van der Waals surface area contributed by atoms with Gasteiger partial charge in [0.2, 0.25) is 0 Å². The maximum atomic E-state index is 12.6. The number of nitrogens with one attached hydrogen (secondary N) is 1. The van der Waals surface area contributed by atoms with Crippen molar-refractivity contribution < 1.29 is 9.13 Å². The topological polar surface area (TPSA) is 47.3 Å². The Balaban J connectivity index is 2.42. The second-order valence-corrected chi connectivity index (χ2v) is 3.14. The van der Waals surface area contributed by atoms with Gasteiger partial charge in [0.15, 0.2) is 0 Å². The van der Waals surface area contributed by atoms with Gasteiger partial charge in [-0.2, -0.15) is 0 Å². The van der Waals surface area contributed by atoms with Crippen molar-refractivity contribution in [2.75, 3.05) is 13.2 Å². The van der Waals surface area contributed by atoms with Crippen LogP contribution in [-0.4, -0.2) is 13.2 Å². The largest absolute Gasteiger partial charge is 0.492 e. The lowest BCUT2D eigenvalue weighted by Gasteiger charge is -2.07. The van der Waals surface area contributed by atoms with Crippen LogP contribution in [0.1, 0.15) is 6.42 Å². The molecular weight excluding hydrogens is 207 g/mol. The molecular formula is C9H12ClFN2O. The van der Waals surface area contributed by atoms with Crippen LogP contribution in [0.2, 0.25) is 5.02 Å². The summed E-state index contributed by atoms with van der Waals surface area (Å²) < 4.78 is 17.9. The van der Waals surface area contributed by atoms with E-state index in [1.54, 1.807) is 0 Å². The van der Waals surface area contributed by atoms with Gasteiger partial charge in [-0.15, -0.1) is 0 Å². The average Bonchev–Trinajstić information content (AvgIpc) is 2.15. The number of ether oxygens (including phenoxy) is 1. The van der Waals surface area contributed by atoms with Crippen LogP contribution in [0, 0.1) is 5.82 Å². The lowest BCUT2D eigenvalue weighted by atomic mass is 10.3. The van der Waals surface area contributed by atoms with Crippen LogP contribution in [0.25, 0.3) is 0 Å². The van der Waals surface area contributed by atoms with Crippen molar-refractivity contribution in [2.45, 2.75) is 6.42 Å². The third-order valence-corrected chi connectivity index (χ3v) is 1.91. The quantitative estimate of drug-likeness (QED) is 0.449. The summed E-state index contributed by atoms with van der Waals surface area (Å²) in [7, 11) is 0. The molecule has 0 saturated heterocycles. The highest BCUT2D eigenvalue weighted by Gasteiger charge is 2.02. The number of halogens is 2. The number of hydrazine groups is 1. The highest BCUT2D eigenvalue weighted by molar-refractivity contribution is 6.32. The Kier molecular flexibility index (Phi) is 4.65. The van der Waals surface area contributed by atoms with Crippen molar-refractivity contribution in [2.24, 2.45) is 5.84 Å². The molecule has 0 aromatic heterocycles. The molecule has 0 saturated carbocycles. The Morgan fingerprint density at radius 2 is 2.29 bits per heavy atom. The first-order valence-corrected chi connectivity index (χ1v) is 4.63. The van der Waals surface area contributed by atoms with Crippen molar-refractivity contribution in [1.82, 2.24) is 5.43 Å². The van der Waals surface area contributed by atoms with E-state index in [0.29, 0.717) is 18.9 Å². The second-order valence-electron chi connectivity index (χ2n) is 2.73. The fourth-order valence-corrected chi connectivity index (χ4v) is 1.17. The van der Waals surface area contributed by atoms with E-state index < -0.39 is 0 Å². The summed E-state index contributed by atoms with van der Waals surface area (Å²) in [6.07, 6.45) is 0.768. The van der Waals surface area contributed by atoms with E-state index in [1.807, 2.05) is 0 Å². The minimum absolute atomic E-state index is 0.283. The fraction of sp³-hybridized carbons (Fsp3) is 0.333. The molecule has 0 amide bonds. The van der Waals surface area contributed by atoms with Crippen molar-refractivity contribution in [1.29, 1.82) is 0 Å². The first-order chi connectivity index (χ1) is 6.74. The van der Waals surface area contributed by atoms with Crippen molar-refractivity contribution in [3.63, 3.8) is 0 Å². The Morgan fingerprint density at radius 1 is 1.50 bits per heavy atom. The maximum absolute atomic E-state index is 12.6. The Morgan fingerprint density at radius 3 is 2.93 bits per heavy atom. The molecule has 14 heavy (non-hydrogen) atoms. The molecule has 3 nitrogen and oxygen atoms in total. The van der Waals surface area contributed by atoms with Gasteiger partial charge in [-0.3, -0.25) is 11.3 Å². The Hall–Kier alpha value is -0.840. The number of nitrogens with two attached hydrogens (primary N) is 1. The van der Waals surface area contributed by atoms with Crippen molar-refractivity contribution in [3.8, 4) is 5.75 Å². The zero-order chi connectivity index (χ0) is 10.4. The summed E-state index contributed by atoms with van der Waals surface area (Å²) in [5.74, 6) is 5.20. The summed E-state index contributed by atoms with van der Waals surface area (Å²) in [6.45, 7) is 1.16. The van der Waals surface area contributed by atoms with Gasteiger partial charge in [0, 0.05) is 6.54 Å². The monoisotopic (exact) mass is 218 g/mol. The third-order valence-electron chi connectivity index (χ3n) is 1.62. The molecule has 0 spiro atoms. The van der Waals surface area contributed by atoms with Crippen LogP contribution >= 0.6 is 11.6 Å². The predicted molar refractivity (Wildman–Crippen MR) is 53.7 cm³/mol. The van der Waals surface area contributed by atoms with Gasteiger partial charge in [-0.05, 0) is 24.6 Å². The van der Waals surface area contributed by atoms with Crippen LogP contribution in [0.5, 0.6) is 5.75 Å². The van der Waals surface area contributed by atoms with Crippen LogP contribution in [0.4, 0.5) is 4.39 Å². The lowest BCUT2D eigenvalue weighted by molar-refractivity contribution is 0.308. The molecule has 3 N–H and O–H groups in total. The van der Waals surface area contributed by atoms with Gasteiger partial charge in [0.1, 0.15) is 11.6 Å². The molecule has 0 radical (unpaired) electrons. The highest BCUT2D eigenvalue weighted by Crippen LogP contribution is 2.24. The molecule has 0 fully saturated rings. The van der Waals surface area contributed by atoms with Crippen LogP contribution in [0.15, 0.2) is 18.2 Å². The van der Waals surface area contributed by atoms with E-state index in [9.17, 15) is 4.39 Å². The fourth-order valence-electron chi connectivity index (χ4n) is 0.949. The summed E-state index contributed by atoms with van der Waals surface area (Å²) in [5.41, 5.74) is 2.50. The Labute approximate surface area is 87.0 Å². The molecule has 0 aliphatic heterocycles. The maximum Gasteiger partial charge on any atom is 0.138 e. The van der Waals surface area contributed by atoms with Gasteiger partial charge in [-0.1, -0.05) is 11.6 Å². The number of hydrogen-bond acceptors (Lipinski definition) is 3. The zero-order valence-corrected chi connectivity index (χ0v) is 8.35. The smallest absolute Gasteiger partial charge is 0.138 e. The summed E-state index contributed by atoms with van der Waals surface area (Å²) in [4.78, 5) is 0. The summed E-state index contributed by atoms with van der Waals surface area (Å²) in [6, 6.07) is 4.04. The summed E-state index contributed by atoms with van der Waals surface area (Å²) in [5, 5.41) is 0.283. The number of benzene rings is 1. The minimum atomic E-state index is -0.369. The van der Waals surface area contributed by atoms with Gasteiger partial charge in [-0.25, -0.2) is 4.39 Å². The lowest BCUT2D eigenvalue weighted by Crippen LogP contribution is -2.24. The molecule has 0 atom stereocenters. The van der Waals surface area contributed by atoms with Crippen LogP contribution < -0.4 is 16.0 Å². The van der Waals surface area contributed by atoms with Crippen LogP contribution in [0.3, 0.4) is 0 Å². The van der Waals surface area contributed by atoms with Gasteiger partial charge >= 0.3 is 0 Å². The highest BCUT2D eigenvalue weighted by atomic mass is 35.5. The third kappa shape index (κ3) is 3.49.